The molecule has 4 heteroatoms. The van der Waals surface area contributed by atoms with Crippen LogP contribution in [0, 0.1) is 0 Å². The molecule has 1 unspecified atom stereocenters. The quantitative estimate of drug-likeness (QED) is 0.669. The molecular formula is C17H22N2O2. The Morgan fingerprint density at radius 3 is 2.81 bits per heavy atom. The van der Waals surface area contributed by atoms with E-state index in [9.17, 15) is 5.11 Å². The summed E-state index contributed by atoms with van der Waals surface area (Å²) >= 11 is 0. The van der Waals surface area contributed by atoms with E-state index in [-0.39, 0.29) is 6.04 Å². The van der Waals surface area contributed by atoms with Gasteiger partial charge in [-0.3, -0.25) is 0 Å². The standard InChI is InChI=1S/C17H22N2O2/c1-21-17(19-12-7-3-2-4-8-12)16(20)14-11-18-15-10-6-5-9-13(14)15/h5-6,9-12,16,18,20H,2-4,7-8H2,1H3. The fourth-order valence-corrected chi connectivity index (χ4v) is 3.08. The van der Waals surface area contributed by atoms with Gasteiger partial charge in [-0.25, -0.2) is 4.99 Å². The maximum Gasteiger partial charge on any atom is 0.217 e. The summed E-state index contributed by atoms with van der Waals surface area (Å²) in [6, 6.07) is 8.22. The summed E-state index contributed by atoms with van der Waals surface area (Å²) < 4.78 is 5.37. The summed E-state index contributed by atoms with van der Waals surface area (Å²) in [5, 5.41) is 11.6. The average molecular weight is 286 g/mol. The van der Waals surface area contributed by atoms with Crippen LogP contribution < -0.4 is 0 Å². The molecular weight excluding hydrogens is 264 g/mol. The van der Waals surface area contributed by atoms with Gasteiger partial charge in [-0.05, 0) is 18.9 Å². The Hall–Kier alpha value is -1.81. The SMILES string of the molecule is COC(=NC1CCCCC1)C(O)c1c[nH]c2ccccc12. The predicted octanol–water partition coefficient (Wildman–Crippen LogP) is 3.58. The molecule has 0 amide bonds. The Morgan fingerprint density at radius 2 is 2.05 bits per heavy atom. The van der Waals surface area contributed by atoms with E-state index in [2.05, 4.69) is 9.98 Å². The van der Waals surface area contributed by atoms with Gasteiger partial charge in [-0.2, -0.15) is 0 Å². The number of aliphatic hydroxyl groups is 1. The molecule has 1 heterocycles. The third-order valence-corrected chi connectivity index (χ3v) is 4.24. The van der Waals surface area contributed by atoms with E-state index in [1.165, 1.54) is 19.3 Å². The first kappa shape index (κ1) is 14.1. The highest BCUT2D eigenvalue weighted by Gasteiger charge is 2.22. The Labute approximate surface area is 124 Å². The summed E-state index contributed by atoms with van der Waals surface area (Å²) in [5.74, 6) is 0.423. The highest BCUT2D eigenvalue weighted by molar-refractivity contribution is 5.91. The zero-order valence-corrected chi connectivity index (χ0v) is 12.4. The van der Waals surface area contributed by atoms with Gasteiger partial charge < -0.3 is 14.8 Å². The number of aromatic amines is 1. The first-order chi connectivity index (χ1) is 10.3. The molecule has 2 N–H and O–H groups in total. The van der Waals surface area contributed by atoms with Crippen LogP contribution in [0.4, 0.5) is 0 Å². The molecule has 0 radical (unpaired) electrons. The van der Waals surface area contributed by atoms with E-state index in [1.807, 2.05) is 30.5 Å². The van der Waals surface area contributed by atoms with Crippen LogP contribution in [0.2, 0.25) is 0 Å². The van der Waals surface area contributed by atoms with Crippen LogP contribution in [0.3, 0.4) is 0 Å². The number of benzene rings is 1. The van der Waals surface area contributed by atoms with Crippen LogP contribution in [0.1, 0.15) is 43.8 Å². The molecule has 21 heavy (non-hydrogen) atoms. The number of aliphatic imine (C=N–C) groups is 1. The highest BCUT2D eigenvalue weighted by Crippen LogP contribution is 2.27. The van der Waals surface area contributed by atoms with Gasteiger partial charge in [0.05, 0.1) is 13.2 Å². The average Bonchev–Trinajstić information content (AvgIpc) is 2.97. The lowest BCUT2D eigenvalue weighted by Crippen LogP contribution is -2.19. The predicted molar refractivity (Wildman–Crippen MR) is 84.6 cm³/mol. The Kier molecular flexibility index (Phi) is 4.25. The van der Waals surface area contributed by atoms with Crippen LogP contribution in [-0.2, 0) is 4.74 Å². The van der Waals surface area contributed by atoms with E-state index in [4.69, 9.17) is 4.74 Å². The van der Waals surface area contributed by atoms with Crippen molar-refractivity contribution in [3.8, 4) is 0 Å². The van der Waals surface area contributed by atoms with Crippen molar-refractivity contribution < 1.29 is 9.84 Å². The van der Waals surface area contributed by atoms with Crippen molar-refractivity contribution in [2.24, 2.45) is 4.99 Å². The number of nitrogens with zero attached hydrogens (tertiary/aromatic N) is 1. The Balaban J connectivity index is 1.87. The third kappa shape index (κ3) is 2.95. The number of rotatable bonds is 3. The van der Waals surface area contributed by atoms with Gasteiger partial charge in [0, 0.05) is 22.7 Å². The van der Waals surface area contributed by atoms with Crippen LogP contribution >= 0.6 is 0 Å². The number of ether oxygens (including phenoxy) is 1. The molecule has 1 aliphatic carbocycles. The molecule has 1 saturated carbocycles. The minimum atomic E-state index is -0.812. The molecule has 1 fully saturated rings. The summed E-state index contributed by atoms with van der Waals surface area (Å²) in [7, 11) is 1.58. The summed E-state index contributed by atoms with van der Waals surface area (Å²) in [6.45, 7) is 0. The summed E-state index contributed by atoms with van der Waals surface area (Å²) in [5.41, 5.74) is 1.83. The smallest absolute Gasteiger partial charge is 0.217 e. The molecule has 1 aromatic carbocycles. The van der Waals surface area contributed by atoms with E-state index >= 15 is 0 Å². The molecule has 0 saturated heterocycles. The number of para-hydroxylation sites is 1. The normalized spacial score (nSPS) is 18.9. The fraction of sp³-hybridized carbons (Fsp3) is 0.471. The second kappa shape index (κ2) is 6.31. The van der Waals surface area contributed by atoms with Gasteiger partial charge in [0.1, 0.15) is 0 Å². The highest BCUT2D eigenvalue weighted by atomic mass is 16.5. The molecule has 4 nitrogen and oxygen atoms in total. The largest absolute Gasteiger partial charge is 0.482 e. The number of nitrogens with one attached hydrogen (secondary N) is 1. The van der Waals surface area contributed by atoms with Crippen LogP contribution in [0.15, 0.2) is 35.5 Å². The van der Waals surface area contributed by atoms with E-state index in [1.54, 1.807) is 7.11 Å². The lowest BCUT2D eigenvalue weighted by Gasteiger charge is -2.20. The minimum absolute atomic E-state index is 0.286. The number of aromatic nitrogens is 1. The summed E-state index contributed by atoms with van der Waals surface area (Å²) in [6.07, 6.45) is 6.93. The maximum atomic E-state index is 10.6. The maximum absolute atomic E-state index is 10.6. The lowest BCUT2D eigenvalue weighted by molar-refractivity contribution is 0.205. The molecule has 0 aliphatic heterocycles. The van der Waals surface area contributed by atoms with Crippen molar-refractivity contribution in [2.45, 2.75) is 44.2 Å². The first-order valence-corrected chi connectivity index (χ1v) is 7.65. The van der Waals surface area contributed by atoms with Gasteiger partial charge in [0.15, 0.2) is 6.10 Å². The second-order valence-electron chi connectivity index (χ2n) is 5.66. The van der Waals surface area contributed by atoms with Crippen LogP contribution in [0.25, 0.3) is 10.9 Å². The molecule has 2 aromatic rings. The van der Waals surface area contributed by atoms with E-state index < -0.39 is 6.10 Å². The van der Waals surface area contributed by atoms with Crippen molar-refractivity contribution in [2.75, 3.05) is 7.11 Å². The molecule has 3 rings (SSSR count). The van der Waals surface area contributed by atoms with Crippen molar-refractivity contribution in [3.63, 3.8) is 0 Å². The first-order valence-electron chi connectivity index (χ1n) is 7.65. The number of fused-ring (bicyclic) bond motifs is 1. The molecule has 0 spiro atoms. The van der Waals surface area contributed by atoms with Gasteiger partial charge in [-0.1, -0.05) is 37.5 Å². The summed E-state index contributed by atoms with van der Waals surface area (Å²) in [4.78, 5) is 7.83. The van der Waals surface area contributed by atoms with E-state index in [0.29, 0.717) is 5.90 Å². The van der Waals surface area contributed by atoms with Gasteiger partial charge in [0.25, 0.3) is 0 Å². The van der Waals surface area contributed by atoms with Gasteiger partial charge in [0.2, 0.25) is 5.90 Å². The number of H-pyrrole nitrogens is 1. The number of methoxy groups -OCH3 is 1. The topological polar surface area (TPSA) is 57.6 Å². The molecule has 1 aliphatic rings. The zero-order chi connectivity index (χ0) is 14.7. The Morgan fingerprint density at radius 1 is 1.29 bits per heavy atom. The molecule has 1 aromatic heterocycles. The number of hydrogen-bond acceptors (Lipinski definition) is 3. The van der Waals surface area contributed by atoms with Crippen molar-refractivity contribution in [3.05, 3.63) is 36.0 Å². The molecule has 112 valence electrons. The van der Waals surface area contributed by atoms with Gasteiger partial charge in [-0.15, -0.1) is 0 Å². The van der Waals surface area contributed by atoms with Gasteiger partial charge >= 0.3 is 0 Å². The van der Waals surface area contributed by atoms with E-state index in [0.717, 1.165) is 29.3 Å². The van der Waals surface area contributed by atoms with Crippen molar-refractivity contribution in [1.29, 1.82) is 0 Å². The number of hydrogen-bond donors (Lipinski definition) is 2. The second-order valence-corrected chi connectivity index (χ2v) is 5.66. The van der Waals surface area contributed by atoms with Crippen LogP contribution in [-0.4, -0.2) is 29.1 Å². The van der Waals surface area contributed by atoms with Crippen molar-refractivity contribution >= 4 is 16.8 Å². The molecule has 0 bridgehead atoms. The zero-order valence-electron chi connectivity index (χ0n) is 12.4. The monoisotopic (exact) mass is 286 g/mol. The van der Waals surface area contributed by atoms with Crippen molar-refractivity contribution in [1.82, 2.24) is 4.98 Å². The van der Waals surface area contributed by atoms with Crippen LogP contribution in [0.5, 0.6) is 0 Å². The minimum Gasteiger partial charge on any atom is -0.482 e. The lowest BCUT2D eigenvalue weighted by atomic mass is 9.96. The number of aliphatic hydroxyl groups excluding tert-OH is 1. The fourth-order valence-electron chi connectivity index (χ4n) is 3.08. The third-order valence-electron chi connectivity index (χ3n) is 4.24. The Bertz CT molecular complexity index is 627. The molecule has 1 atom stereocenters.